The van der Waals surface area contributed by atoms with Crippen molar-refractivity contribution in [3.05, 3.63) is 30.1 Å². The molecule has 0 unspecified atom stereocenters. The number of hydrogen-bond acceptors (Lipinski definition) is 4. The van der Waals surface area contributed by atoms with Gasteiger partial charge in [0, 0.05) is 38.6 Å². The summed E-state index contributed by atoms with van der Waals surface area (Å²) < 4.78 is 11.6. The Morgan fingerprint density at radius 3 is 2.70 bits per heavy atom. The quantitative estimate of drug-likeness (QED) is 0.826. The maximum Gasteiger partial charge on any atom is 0.0809 e. The fourth-order valence-corrected chi connectivity index (χ4v) is 3.00. The molecule has 0 radical (unpaired) electrons. The second-order valence-electron chi connectivity index (χ2n) is 5.80. The van der Waals surface area contributed by atoms with Gasteiger partial charge in [0.1, 0.15) is 0 Å². The Morgan fingerprint density at radius 2 is 2.00 bits per heavy atom. The third-order valence-electron chi connectivity index (χ3n) is 4.23. The van der Waals surface area contributed by atoms with E-state index < -0.39 is 0 Å². The summed E-state index contributed by atoms with van der Waals surface area (Å²) in [5.74, 6) is 0. The van der Waals surface area contributed by atoms with Crippen LogP contribution in [-0.2, 0) is 16.0 Å². The minimum Gasteiger partial charge on any atom is -0.376 e. The van der Waals surface area contributed by atoms with Crippen molar-refractivity contribution in [2.75, 3.05) is 26.3 Å². The van der Waals surface area contributed by atoms with Crippen LogP contribution in [0.3, 0.4) is 0 Å². The molecule has 1 aromatic heterocycles. The summed E-state index contributed by atoms with van der Waals surface area (Å²) in [6.07, 6.45) is 9.15. The summed E-state index contributed by atoms with van der Waals surface area (Å²) in [6, 6.07) is 4.19. The standard InChI is InChI=1S/C16H24N2O2/c1-2-16(19-11-1)13-20-15-5-9-18(10-6-15)12-14-3-7-17-8-4-14/h3-4,7-8,15-16H,1-2,5-6,9-13H2/t16-/m0/s1. The number of likely N-dealkylation sites (tertiary alicyclic amines) is 1. The number of pyridine rings is 1. The normalized spacial score (nSPS) is 25.1. The monoisotopic (exact) mass is 276 g/mol. The van der Waals surface area contributed by atoms with Gasteiger partial charge in [-0.05, 0) is 43.4 Å². The first-order valence-electron chi connectivity index (χ1n) is 7.74. The summed E-state index contributed by atoms with van der Waals surface area (Å²) >= 11 is 0. The van der Waals surface area contributed by atoms with Crippen molar-refractivity contribution < 1.29 is 9.47 Å². The van der Waals surface area contributed by atoms with E-state index >= 15 is 0 Å². The van der Waals surface area contributed by atoms with Crippen LogP contribution in [0.15, 0.2) is 24.5 Å². The zero-order valence-corrected chi connectivity index (χ0v) is 12.0. The Labute approximate surface area is 121 Å². The van der Waals surface area contributed by atoms with Crippen molar-refractivity contribution in [2.45, 2.75) is 44.4 Å². The first-order valence-corrected chi connectivity index (χ1v) is 7.74. The summed E-state index contributed by atoms with van der Waals surface area (Å²) in [6.45, 7) is 4.98. The van der Waals surface area contributed by atoms with Crippen LogP contribution in [0.1, 0.15) is 31.2 Å². The van der Waals surface area contributed by atoms with Crippen LogP contribution in [0.4, 0.5) is 0 Å². The van der Waals surface area contributed by atoms with Gasteiger partial charge >= 0.3 is 0 Å². The minimum atomic E-state index is 0.352. The molecule has 1 atom stereocenters. The number of nitrogens with zero attached hydrogens (tertiary/aromatic N) is 2. The van der Waals surface area contributed by atoms with E-state index in [1.165, 1.54) is 18.4 Å². The molecular formula is C16H24N2O2. The molecule has 4 nitrogen and oxygen atoms in total. The first-order chi connectivity index (χ1) is 9.90. The van der Waals surface area contributed by atoms with Crippen molar-refractivity contribution in [1.29, 1.82) is 0 Å². The number of ether oxygens (including phenoxy) is 2. The van der Waals surface area contributed by atoms with E-state index in [2.05, 4.69) is 22.0 Å². The van der Waals surface area contributed by atoms with Gasteiger partial charge in [0.2, 0.25) is 0 Å². The van der Waals surface area contributed by atoms with Gasteiger partial charge in [-0.25, -0.2) is 0 Å². The lowest BCUT2D eigenvalue weighted by Gasteiger charge is -2.32. The maximum atomic E-state index is 6.00. The molecule has 1 aromatic rings. The Bertz CT molecular complexity index is 385. The average Bonchev–Trinajstić information content (AvgIpc) is 3.01. The summed E-state index contributed by atoms with van der Waals surface area (Å²) in [5.41, 5.74) is 1.35. The Balaban J connectivity index is 1.36. The van der Waals surface area contributed by atoms with E-state index in [0.717, 1.165) is 45.7 Å². The lowest BCUT2D eigenvalue weighted by atomic mass is 10.1. The molecule has 0 aromatic carbocycles. The van der Waals surface area contributed by atoms with Gasteiger partial charge in [-0.2, -0.15) is 0 Å². The third-order valence-corrected chi connectivity index (χ3v) is 4.23. The lowest BCUT2D eigenvalue weighted by molar-refractivity contribution is -0.0426. The predicted molar refractivity (Wildman–Crippen MR) is 77.5 cm³/mol. The Morgan fingerprint density at radius 1 is 1.20 bits per heavy atom. The van der Waals surface area contributed by atoms with E-state index in [-0.39, 0.29) is 0 Å². The molecule has 0 bridgehead atoms. The van der Waals surface area contributed by atoms with Gasteiger partial charge in [-0.3, -0.25) is 9.88 Å². The van der Waals surface area contributed by atoms with E-state index in [4.69, 9.17) is 9.47 Å². The largest absolute Gasteiger partial charge is 0.376 e. The van der Waals surface area contributed by atoms with Crippen LogP contribution in [0.2, 0.25) is 0 Å². The zero-order valence-electron chi connectivity index (χ0n) is 12.0. The minimum absolute atomic E-state index is 0.352. The highest BCUT2D eigenvalue weighted by Crippen LogP contribution is 2.18. The smallest absolute Gasteiger partial charge is 0.0809 e. The van der Waals surface area contributed by atoms with Gasteiger partial charge in [0.05, 0.1) is 18.8 Å². The van der Waals surface area contributed by atoms with Gasteiger partial charge in [-0.1, -0.05) is 0 Å². The van der Waals surface area contributed by atoms with Gasteiger partial charge in [0.15, 0.2) is 0 Å². The summed E-state index contributed by atoms with van der Waals surface area (Å²) in [7, 11) is 0. The maximum absolute atomic E-state index is 6.00. The molecule has 4 heteroatoms. The van der Waals surface area contributed by atoms with Crippen LogP contribution in [0, 0.1) is 0 Å². The molecule has 3 heterocycles. The fourth-order valence-electron chi connectivity index (χ4n) is 3.00. The van der Waals surface area contributed by atoms with Crippen LogP contribution in [-0.4, -0.2) is 48.4 Å². The molecule has 110 valence electrons. The molecule has 20 heavy (non-hydrogen) atoms. The second-order valence-corrected chi connectivity index (χ2v) is 5.80. The zero-order chi connectivity index (χ0) is 13.6. The third kappa shape index (κ3) is 4.01. The van der Waals surface area contributed by atoms with Crippen LogP contribution >= 0.6 is 0 Å². The van der Waals surface area contributed by atoms with Crippen molar-refractivity contribution in [3.63, 3.8) is 0 Å². The molecule has 3 rings (SSSR count). The van der Waals surface area contributed by atoms with Crippen molar-refractivity contribution in [2.24, 2.45) is 0 Å². The van der Waals surface area contributed by atoms with Crippen LogP contribution < -0.4 is 0 Å². The number of hydrogen-bond donors (Lipinski definition) is 0. The SMILES string of the molecule is c1cc(CN2CCC(OC[C@@H]3CCCO3)CC2)ccn1. The van der Waals surface area contributed by atoms with E-state index in [1.807, 2.05) is 12.4 Å². The number of aromatic nitrogens is 1. The molecule has 0 spiro atoms. The van der Waals surface area contributed by atoms with Crippen LogP contribution in [0.25, 0.3) is 0 Å². The topological polar surface area (TPSA) is 34.6 Å². The van der Waals surface area contributed by atoms with E-state index in [1.54, 1.807) is 0 Å². The number of rotatable bonds is 5. The molecule has 2 fully saturated rings. The van der Waals surface area contributed by atoms with Gasteiger partial charge < -0.3 is 9.47 Å². The highest BCUT2D eigenvalue weighted by molar-refractivity contribution is 5.09. The first kappa shape index (κ1) is 14.0. The highest BCUT2D eigenvalue weighted by atomic mass is 16.5. The molecule has 2 saturated heterocycles. The lowest BCUT2D eigenvalue weighted by Crippen LogP contribution is -2.37. The summed E-state index contributed by atoms with van der Waals surface area (Å²) in [5, 5.41) is 0. The second kappa shape index (κ2) is 7.16. The molecular weight excluding hydrogens is 252 g/mol. The van der Waals surface area contributed by atoms with Gasteiger partial charge in [-0.15, -0.1) is 0 Å². The Kier molecular flexibility index (Phi) is 5.01. The predicted octanol–water partition coefficient (Wildman–Crippen LogP) is 2.24. The van der Waals surface area contributed by atoms with Gasteiger partial charge in [0.25, 0.3) is 0 Å². The molecule has 2 aliphatic heterocycles. The molecule has 0 aliphatic carbocycles. The molecule has 0 N–H and O–H groups in total. The van der Waals surface area contributed by atoms with Crippen molar-refractivity contribution in [3.8, 4) is 0 Å². The summed E-state index contributed by atoms with van der Waals surface area (Å²) in [4.78, 5) is 6.56. The highest BCUT2D eigenvalue weighted by Gasteiger charge is 2.22. The van der Waals surface area contributed by atoms with E-state index in [0.29, 0.717) is 12.2 Å². The van der Waals surface area contributed by atoms with Crippen LogP contribution in [0.5, 0.6) is 0 Å². The molecule has 0 saturated carbocycles. The average molecular weight is 276 g/mol. The van der Waals surface area contributed by atoms with E-state index in [9.17, 15) is 0 Å². The fraction of sp³-hybridized carbons (Fsp3) is 0.688. The van der Waals surface area contributed by atoms with Crippen molar-refractivity contribution in [1.82, 2.24) is 9.88 Å². The molecule has 2 aliphatic rings. The van der Waals surface area contributed by atoms with Crippen molar-refractivity contribution >= 4 is 0 Å². The Hall–Kier alpha value is -0.970. The molecule has 0 amide bonds. The number of piperidine rings is 1.